The first-order chi connectivity index (χ1) is 11.7. The number of ether oxygens (including phenoxy) is 1. The summed E-state index contributed by atoms with van der Waals surface area (Å²) in [7, 11) is 3.53. The summed E-state index contributed by atoms with van der Waals surface area (Å²) in [6, 6.07) is 8.15. The lowest BCUT2D eigenvalue weighted by Crippen LogP contribution is -2.23. The molecule has 2 heterocycles. The Hall–Kier alpha value is -2.21. The highest BCUT2D eigenvalue weighted by Crippen LogP contribution is 2.32. The molecule has 0 bridgehead atoms. The van der Waals surface area contributed by atoms with E-state index in [4.69, 9.17) is 16.3 Å². The summed E-state index contributed by atoms with van der Waals surface area (Å²) in [5, 5.41) is 6.86. The molecule has 1 aromatic heterocycles. The number of methoxy groups -OCH3 is 1. The van der Waals surface area contributed by atoms with E-state index in [1.807, 2.05) is 25.2 Å². The number of rotatable bonds is 6. The van der Waals surface area contributed by atoms with E-state index < -0.39 is 0 Å². The minimum Gasteiger partial charge on any atom is -0.495 e. The largest absolute Gasteiger partial charge is 0.495 e. The zero-order valence-electron chi connectivity index (χ0n) is 13.9. The highest BCUT2D eigenvalue weighted by atomic mass is 35.5. The van der Waals surface area contributed by atoms with E-state index in [1.165, 1.54) is 6.33 Å². The molecule has 0 spiro atoms. The number of benzene rings is 1. The normalized spacial score (nSPS) is 17.0. The predicted molar refractivity (Wildman–Crippen MR) is 98.4 cm³/mol. The van der Waals surface area contributed by atoms with Gasteiger partial charge >= 0.3 is 0 Å². The van der Waals surface area contributed by atoms with Crippen molar-refractivity contribution in [2.75, 3.05) is 49.3 Å². The minimum atomic E-state index is 0.428. The molecule has 1 aliphatic heterocycles. The molecule has 1 atom stereocenters. The van der Waals surface area contributed by atoms with Crippen molar-refractivity contribution >= 4 is 28.8 Å². The second-order valence-electron chi connectivity index (χ2n) is 5.79. The number of aromatic nitrogens is 2. The average molecular weight is 348 g/mol. The van der Waals surface area contributed by atoms with Gasteiger partial charge in [0.2, 0.25) is 0 Å². The monoisotopic (exact) mass is 347 g/mol. The summed E-state index contributed by atoms with van der Waals surface area (Å²) in [5.74, 6) is 2.20. The smallest absolute Gasteiger partial charge is 0.157 e. The van der Waals surface area contributed by atoms with Gasteiger partial charge in [-0.15, -0.1) is 0 Å². The van der Waals surface area contributed by atoms with Crippen molar-refractivity contribution in [2.45, 2.75) is 6.42 Å². The molecular formula is C17H22ClN5O. The maximum atomic E-state index is 6.09. The van der Waals surface area contributed by atoms with Crippen molar-refractivity contribution < 1.29 is 4.74 Å². The molecule has 1 aliphatic rings. The molecule has 3 rings (SSSR count). The molecule has 2 aromatic rings. The van der Waals surface area contributed by atoms with E-state index in [0.29, 0.717) is 11.1 Å². The summed E-state index contributed by atoms with van der Waals surface area (Å²) in [5.41, 5.74) is 1.89. The maximum absolute atomic E-state index is 6.09. The van der Waals surface area contributed by atoms with Crippen LogP contribution in [0.4, 0.5) is 17.2 Å². The Labute approximate surface area is 147 Å². The molecule has 6 nitrogen and oxygen atoms in total. The van der Waals surface area contributed by atoms with Gasteiger partial charge in [0.1, 0.15) is 17.8 Å². The van der Waals surface area contributed by atoms with Gasteiger partial charge in [0, 0.05) is 26.7 Å². The second-order valence-corrected chi connectivity index (χ2v) is 6.15. The molecule has 0 radical (unpaired) electrons. The first-order valence-corrected chi connectivity index (χ1v) is 8.40. The van der Waals surface area contributed by atoms with E-state index in [1.54, 1.807) is 7.11 Å². The summed E-state index contributed by atoms with van der Waals surface area (Å²) >= 11 is 6.09. The fourth-order valence-electron chi connectivity index (χ4n) is 3.07. The fraction of sp³-hybridized carbons (Fsp3) is 0.412. The van der Waals surface area contributed by atoms with Crippen LogP contribution in [0.5, 0.6) is 5.75 Å². The molecule has 7 heteroatoms. The first-order valence-electron chi connectivity index (χ1n) is 8.03. The van der Waals surface area contributed by atoms with Crippen LogP contribution >= 0.6 is 11.6 Å². The molecule has 1 fully saturated rings. The van der Waals surface area contributed by atoms with E-state index in [0.717, 1.165) is 49.0 Å². The van der Waals surface area contributed by atoms with Crippen molar-refractivity contribution in [1.29, 1.82) is 0 Å². The Morgan fingerprint density at radius 1 is 1.33 bits per heavy atom. The molecular weight excluding hydrogens is 326 g/mol. The van der Waals surface area contributed by atoms with Gasteiger partial charge in [-0.05, 0) is 24.5 Å². The highest BCUT2D eigenvalue weighted by Gasteiger charge is 2.24. The number of hydrogen-bond donors (Lipinski definition) is 2. The molecule has 24 heavy (non-hydrogen) atoms. The molecule has 1 saturated heterocycles. The number of halogens is 1. The van der Waals surface area contributed by atoms with Crippen molar-refractivity contribution in [3.8, 4) is 5.75 Å². The van der Waals surface area contributed by atoms with Gasteiger partial charge in [0.15, 0.2) is 11.0 Å². The van der Waals surface area contributed by atoms with Gasteiger partial charge in [-0.2, -0.15) is 0 Å². The van der Waals surface area contributed by atoms with Crippen LogP contribution in [-0.4, -0.2) is 43.8 Å². The second kappa shape index (κ2) is 7.57. The maximum Gasteiger partial charge on any atom is 0.157 e. The average Bonchev–Trinajstić information content (AvgIpc) is 3.08. The predicted octanol–water partition coefficient (Wildman–Crippen LogP) is 3.12. The topological polar surface area (TPSA) is 62.3 Å². The van der Waals surface area contributed by atoms with E-state index in [-0.39, 0.29) is 0 Å². The van der Waals surface area contributed by atoms with Crippen LogP contribution in [0.25, 0.3) is 0 Å². The van der Waals surface area contributed by atoms with Gasteiger partial charge in [-0.3, -0.25) is 0 Å². The van der Waals surface area contributed by atoms with Crippen LogP contribution in [0.15, 0.2) is 30.6 Å². The van der Waals surface area contributed by atoms with Crippen LogP contribution in [0.3, 0.4) is 0 Å². The Morgan fingerprint density at radius 2 is 2.17 bits per heavy atom. The molecule has 2 N–H and O–H groups in total. The highest BCUT2D eigenvalue weighted by molar-refractivity contribution is 6.32. The molecule has 0 amide bonds. The third-order valence-electron chi connectivity index (χ3n) is 4.32. The lowest BCUT2D eigenvalue weighted by atomic mass is 10.1. The van der Waals surface area contributed by atoms with Crippen molar-refractivity contribution in [2.24, 2.45) is 5.92 Å². The summed E-state index contributed by atoms with van der Waals surface area (Å²) < 4.78 is 5.47. The van der Waals surface area contributed by atoms with Crippen molar-refractivity contribution in [1.82, 2.24) is 9.97 Å². The SMILES string of the molecule is CNc1c(Cl)ncnc1NCC1CCN(c2ccccc2OC)C1. The minimum absolute atomic E-state index is 0.428. The Bertz CT molecular complexity index is 696. The Kier molecular flexibility index (Phi) is 5.25. The van der Waals surface area contributed by atoms with Crippen LogP contribution in [0.2, 0.25) is 5.15 Å². The molecule has 0 aliphatic carbocycles. The van der Waals surface area contributed by atoms with Gasteiger partial charge in [0.25, 0.3) is 0 Å². The van der Waals surface area contributed by atoms with Gasteiger partial charge < -0.3 is 20.3 Å². The van der Waals surface area contributed by atoms with Gasteiger partial charge in [-0.25, -0.2) is 9.97 Å². The molecule has 0 saturated carbocycles. The standard InChI is InChI=1S/C17H22ClN5O/c1-19-15-16(18)21-11-22-17(15)20-9-12-7-8-23(10-12)13-5-3-4-6-14(13)24-2/h3-6,11-12,19H,7-10H2,1-2H3,(H,20,21,22). The summed E-state index contributed by atoms with van der Waals surface area (Å²) in [4.78, 5) is 10.6. The fourth-order valence-corrected chi connectivity index (χ4v) is 3.30. The quantitative estimate of drug-likeness (QED) is 0.783. The van der Waals surface area contributed by atoms with Crippen LogP contribution in [-0.2, 0) is 0 Å². The third kappa shape index (κ3) is 3.48. The van der Waals surface area contributed by atoms with Crippen molar-refractivity contribution in [3.63, 3.8) is 0 Å². The molecule has 128 valence electrons. The summed E-state index contributed by atoms with van der Waals surface area (Å²) in [6.45, 7) is 2.85. The van der Waals surface area contributed by atoms with Crippen LogP contribution < -0.4 is 20.3 Å². The zero-order chi connectivity index (χ0) is 16.9. The van der Waals surface area contributed by atoms with E-state index in [9.17, 15) is 0 Å². The third-order valence-corrected chi connectivity index (χ3v) is 4.61. The van der Waals surface area contributed by atoms with Gasteiger partial charge in [0.05, 0.1) is 12.8 Å². The van der Waals surface area contributed by atoms with Crippen molar-refractivity contribution in [3.05, 3.63) is 35.7 Å². The number of hydrogen-bond acceptors (Lipinski definition) is 6. The Balaban J connectivity index is 1.62. The van der Waals surface area contributed by atoms with Gasteiger partial charge in [-0.1, -0.05) is 23.7 Å². The van der Waals surface area contributed by atoms with Crippen LogP contribution in [0, 0.1) is 5.92 Å². The number of nitrogens with one attached hydrogen (secondary N) is 2. The lowest BCUT2D eigenvalue weighted by molar-refractivity contribution is 0.414. The number of anilines is 3. The number of nitrogens with zero attached hydrogens (tertiary/aromatic N) is 3. The zero-order valence-corrected chi connectivity index (χ0v) is 14.7. The lowest BCUT2D eigenvalue weighted by Gasteiger charge is -2.21. The number of para-hydroxylation sites is 2. The summed E-state index contributed by atoms with van der Waals surface area (Å²) in [6.07, 6.45) is 2.60. The van der Waals surface area contributed by atoms with Crippen LogP contribution in [0.1, 0.15) is 6.42 Å². The molecule has 1 unspecified atom stereocenters. The van der Waals surface area contributed by atoms with E-state index >= 15 is 0 Å². The van der Waals surface area contributed by atoms with E-state index in [2.05, 4.69) is 31.6 Å². The Morgan fingerprint density at radius 3 is 2.96 bits per heavy atom. The molecule has 1 aromatic carbocycles. The first kappa shape index (κ1) is 16.6.